The van der Waals surface area contributed by atoms with Gasteiger partial charge in [0.05, 0.1) is 16.7 Å². The number of likely N-dealkylation sites (tertiary alicyclic amines) is 1. The minimum Gasteiger partial charge on any atom is -0.481 e. The normalized spacial score (nSPS) is 21.0. The Morgan fingerprint density at radius 2 is 1.88 bits per heavy atom. The number of benzene rings is 1. The van der Waals surface area contributed by atoms with Gasteiger partial charge >= 0.3 is 12.1 Å². The van der Waals surface area contributed by atoms with E-state index in [9.17, 15) is 31.2 Å². The van der Waals surface area contributed by atoms with Crippen LogP contribution >= 0.6 is 0 Å². The van der Waals surface area contributed by atoms with Crippen LogP contribution in [0, 0.1) is 11.8 Å². The van der Waals surface area contributed by atoms with E-state index in [1.807, 2.05) is 0 Å². The highest BCUT2D eigenvalue weighted by Crippen LogP contribution is 2.38. The van der Waals surface area contributed by atoms with E-state index in [-0.39, 0.29) is 10.5 Å². The highest BCUT2D eigenvalue weighted by molar-refractivity contribution is 7.90. The molecule has 6 nitrogen and oxygen atoms in total. The van der Waals surface area contributed by atoms with Crippen LogP contribution < -0.4 is 0 Å². The zero-order valence-electron chi connectivity index (χ0n) is 14.1. The van der Waals surface area contributed by atoms with E-state index < -0.39 is 52.8 Å². The molecular weight excluding hydrogens is 375 g/mol. The molecule has 1 aromatic rings. The SMILES string of the molecule is CCc1ccc(C(=O)N2C[C@@H](C(F)(F)F)[C@H](C(=O)O)C2)cc1S(C)(=O)=O. The first kappa shape index (κ1) is 20.2. The third-order valence-electron chi connectivity index (χ3n) is 4.44. The molecule has 10 heteroatoms. The Morgan fingerprint density at radius 1 is 1.27 bits per heavy atom. The van der Waals surface area contributed by atoms with Gasteiger partial charge in [0, 0.05) is 24.9 Å². The second-order valence-corrected chi connectivity index (χ2v) is 8.24. The predicted octanol–water partition coefficient (Wildman–Crippen LogP) is 1.99. The molecule has 144 valence electrons. The molecule has 0 saturated carbocycles. The van der Waals surface area contributed by atoms with Crippen molar-refractivity contribution in [2.75, 3.05) is 19.3 Å². The summed E-state index contributed by atoms with van der Waals surface area (Å²) >= 11 is 0. The van der Waals surface area contributed by atoms with Crippen LogP contribution in [0.4, 0.5) is 13.2 Å². The molecule has 2 rings (SSSR count). The maximum Gasteiger partial charge on any atom is 0.394 e. The van der Waals surface area contributed by atoms with Gasteiger partial charge < -0.3 is 10.0 Å². The Balaban J connectivity index is 2.37. The van der Waals surface area contributed by atoms with Crippen molar-refractivity contribution in [3.8, 4) is 0 Å². The summed E-state index contributed by atoms with van der Waals surface area (Å²) in [5, 5.41) is 9.02. The quantitative estimate of drug-likeness (QED) is 0.845. The Labute approximate surface area is 148 Å². The van der Waals surface area contributed by atoms with E-state index in [2.05, 4.69) is 0 Å². The summed E-state index contributed by atoms with van der Waals surface area (Å²) in [6, 6.07) is 3.91. The van der Waals surface area contributed by atoms with Crippen LogP contribution in [-0.2, 0) is 21.1 Å². The molecule has 0 aromatic heterocycles. The monoisotopic (exact) mass is 393 g/mol. The summed E-state index contributed by atoms with van der Waals surface area (Å²) in [6.45, 7) is 0.377. The number of carbonyl (C=O) groups excluding carboxylic acids is 1. The molecule has 1 aliphatic heterocycles. The van der Waals surface area contributed by atoms with Gasteiger partial charge in [0.15, 0.2) is 9.84 Å². The van der Waals surface area contributed by atoms with E-state index >= 15 is 0 Å². The summed E-state index contributed by atoms with van der Waals surface area (Å²) < 4.78 is 62.9. The number of halogens is 3. The van der Waals surface area contributed by atoms with Crippen LogP contribution in [0.3, 0.4) is 0 Å². The van der Waals surface area contributed by atoms with E-state index in [1.165, 1.54) is 12.1 Å². The van der Waals surface area contributed by atoms with Crippen molar-refractivity contribution in [1.82, 2.24) is 4.90 Å². The topological polar surface area (TPSA) is 91.8 Å². The van der Waals surface area contributed by atoms with Gasteiger partial charge in [-0.05, 0) is 24.1 Å². The summed E-state index contributed by atoms with van der Waals surface area (Å²) in [5.41, 5.74) is 0.400. The van der Waals surface area contributed by atoms with Gasteiger partial charge in [0.25, 0.3) is 5.91 Å². The Bertz CT molecular complexity index is 835. The lowest BCUT2D eigenvalue weighted by Crippen LogP contribution is -2.34. The second-order valence-electron chi connectivity index (χ2n) is 6.25. The van der Waals surface area contributed by atoms with Crippen LogP contribution in [0.1, 0.15) is 22.8 Å². The van der Waals surface area contributed by atoms with Gasteiger partial charge in [0.2, 0.25) is 0 Å². The maximum absolute atomic E-state index is 13.0. The highest BCUT2D eigenvalue weighted by Gasteiger charge is 2.53. The minimum atomic E-state index is -4.75. The first-order valence-corrected chi connectivity index (χ1v) is 9.67. The van der Waals surface area contributed by atoms with E-state index in [1.54, 1.807) is 6.92 Å². The number of hydrogen-bond donors (Lipinski definition) is 1. The molecule has 1 amide bonds. The van der Waals surface area contributed by atoms with Gasteiger partial charge in [-0.15, -0.1) is 0 Å². The average Bonchev–Trinajstić information content (AvgIpc) is 2.98. The first-order chi connectivity index (χ1) is 11.9. The Kier molecular flexibility index (Phi) is 5.36. The summed E-state index contributed by atoms with van der Waals surface area (Å²) in [7, 11) is -3.63. The summed E-state index contributed by atoms with van der Waals surface area (Å²) in [5.74, 6) is -6.35. The van der Waals surface area contributed by atoms with Crippen LogP contribution in [0.15, 0.2) is 23.1 Å². The lowest BCUT2D eigenvalue weighted by Gasteiger charge is -2.19. The van der Waals surface area contributed by atoms with Gasteiger partial charge in [-0.2, -0.15) is 13.2 Å². The molecule has 1 N–H and O–H groups in total. The first-order valence-electron chi connectivity index (χ1n) is 7.78. The minimum absolute atomic E-state index is 0.0628. The summed E-state index contributed by atoms with van der Waals surface area (Å²) in [4.78, 5) is 24.4. The standard InChI is InChI=1S/C16H18F3NO5S/c1-3-9-4-5-10(6-13(9)26(2,24)25)14(21)20-7-11(15(22)23)12(8-20)16(17,18)19/h4-6,11-12H,3,7-8H2,1-2H3,(H,22,23)/t11-,12-/m1/s1. The highest BCUT2D eigenvalue weighted by atomic mass is 32.2. The number of nitrogens with zero attached hydrogens (tertiary/aromatic N) is 1. The fraction of sp³-hybridized carbons (Fsp3) is 0.500. The third-order valence-corrected chi connectivity index (χ3v) is 5.62. The van der Waals surface area contributed by atoms with Crippen LogP contribution in [0.25, 0.3) is 0 Å². The average molecular weight is 393 g/mol. The van der Waals surface area contributed by atoms with E-state index in [0.29, 0.717) is 12.0 Å². The third kappa shape index (κ3) is 4.00. The molecule has 0 spiro atoms. The lowest BCUT2D eigenvalue weighted by molar-refractivity contribution is -0.187. The number of alkyl halides is 3. The molecule has 2 atom stereocenters. The zero-order chi connectivity index (χ0) is 19.9. The number of carboxylic acids is 1. The lowest BCUT2D eigenvalue weighted by atomic mass is 9.96. The number of carbonyl (C=O) groups is 2. The molecule has 0 aliphatic carbocycles. The van der Waals surface area contributed by atoms with Gasteiger partial charge in [-0.3, -0.25) is 9.59 Å². The number of hydrogen-bond acceptors (Lipinski definition) is 4. The zero-order valence-corrected chi connectivity index (χ0v) is 14.9. The number of amides is 1. The number of aliphatic carboxylic acids is 1. The molecule has 0 unspecified atom stereocenters. The van der Waals surface area contributed by atoms with Crippen LogP contribution in [0.5, 0.6) is 0 Å². The molecule has 1 heterocycles. The van der Waals surface area contributed by atoms with Crippen LogP contribution in [-0.4, -0.2) is 55.8 Å². The molecule has 1 aromatic carbocycles. The fourth-order valence-electron chi connectivity index (χ4n) is 3.06. The second kappa shape index (κ2) is 6.90. The number of sulfone groups is 1. The van der Waals surface area contributed by atoms with Crippen molar-refractivity contribution < 1.29 is 36.3 Å². The van der Waals surface area contributed by atoms with Crippen molar-refractivity contribution in [3.05, 3.63) is 29.3 Å². The van der Waals surface area contributed by atoms with Crippen molar-refractivity contribution >= 4 is 21.7 Å². The van der Waals surface area contributed by atoms with Crippen molar-refractivity contribution in [2.45, 2.75) is 24.4 Å². The van der Waals surface area contributed by atoms with Gasteiger partial charge in [0.1, 0.15) is 0 Å². The number of carboxylic acid groups (broad SMARTS) is 1. The molecule has 0 bridgehead atoms. The fourth-order valence-corrected chi connectivity index (χ4v) is 4.09. The van der Waals surface area contributed by atoms with Crippen molar-refractivity contribution in [3.63, 3.8) is 0 Å². The molecule has 1 fully saturated rings. The Hall–Kier alpha value is -2.10. The van der Waals surface area contributed by atoms with Gasteiger partial charge in [-0.25, -0.2) is 8.42 Å². The maximum atomic E-state index is 13.0. The summed E-state index contributed by atoms with van der Waals surface area (Å²) in [6.07, 6.45) is -3.37. The van der Waals surface area contributed by atoms with Crippen LogP contribution in [0.2, 0.25) is 0 Å². The number of aryl methyl sites for hydroxylation is 1. The molecule has 0 radical (unpaired) electrons. The number of rotatable bonds is 4. The van der Waals surface area contributed by atoms with Crippen molar-refractivity contribution in [1.29, 1.82) is 0 Å². The molecule has 1 saturated heterocycles. The smallest absolute Gasteiger partial charge is 0.394 e. The molecule has 1 aliphatic rings. The van der Waals surface area contributed by atoms with Crippen molar-refractivity contribution in [2.24, 2.45) is 11.8 Å². The van der Waals surface area contributed by atoms with E-state index in [0.717, 1.165) is 17.2 Å². The van der Waals surface area contributed by atoms with E-state index in [4.69, 9.17) is 5.11 Å². The largest absolute Gasteiger partial charge is 0.481 e. The Morgan fingerprint density at radius 3 is 2.31 bits per heavy atom. The molecule has 26 heavy (non-hydrogen) atoms. The predicted molar refractivity (Wildman–Crippen MR) is 85.5 cm³/mol. The molecular formula is C16H18F3NO5S. The van der Waals surface area contributed by atoms with Gasteiger partial charge in [-0.1, -0.05) is 13.0 Å².